The molecular formula is C13H23ClN2O2. The molecule has 1 unspecified atom stereocenters. The Kier molecular flexibility index (Phi) is 7.14. The monoisotopic (exact) mass is 274 g/mol. The summed E-state index contributed by atoms with van der Waals surface area (Å²) < 4.78 is 4.87. The van der Waals surface area contributed by atoms with Gasteiger partial charge in [0.15, 0.2) is 5.00 Å². The van der Waals surface area contributed by atoms with Crippen molar-refractivity contribution in [2.45, 2.75) is 57.5 Å². The smallest absolute Gasteiger partial charge is 0.306 e. The van der Waals surface area contributed by atoms with E-state index in [9.17, 15) is 4.79 Å². The van der Waals surface area contributed by atoms with Crippen molar-refractivity contribution in [1.82, 2.24) is 0 Å². The Balaban J connectivity index is 4.23. The minimum atomic E-state index is -0.861. The fourth-order valence-electron chi connectivity index (χ4n) is 0.915. The van der Waals surface area contributed by atoms with Crippen LogP contribution in [0.3, 0.4) is 0 Å². The van der Waals surface area contributed by atoms with Gasteiger partial charge in [0, 0.05) is 6.42 Å². The first-order valence-electron chi connectivity index (χ1n) is 6.12. The number of ether oxygens (including phenoxy) is 1. The molecule has 0 saturated heterocycles. The molecule has 0 aliphatic heterocycles. The van der Waals surface area contributed by atoms with Gasteiger partial charge in [-0.15, -0.1) is 0 Å². The molecule has 0 bridgehead atoms. The van der Waals surface area contributed by atoms with Gasteiger partial charge in [-0.2, -0.15) is 10.2 Å². The highest BCUT2D eigenvalue weighted by atomic mass is 35.5. The zero-order valence-corrected chi connectivity index (χ0v) is 12.5. The largest absolute Gasteiger partial charge is 0.461 e. The number of esters is 1. The quantitative estimate of drug-likeness (QED) is 0.220. The third kappa shape index (κ3) is 8.23. The number of carbonyl (C=O) groups excluding carboxylic acids is 1. The normalized spacial score (nSPS) is 15.4. The lowest BCUT2D eigenvalue weighted by atomic mass is 10.0. The van der Waals surface area contributed by atoms with Crippen LogP contribution in [0, 0.1) is 0 Å². The molecule has 18 heavy (non-hydrogen) atoms. The molecule has 0 aliphatic rings. The molecule has 0 N–H and O–H groups in total. The van der Waals surface area contributed by atoms with E-state index in [2.05, 4.69) is 16.8 Å². The predicted octanol–water partition coefficient (Wildman–Crippen LogP) is 4.09. The van der Waals surface area contributed by atoms with Crippen molar-refractivity contribution in [3.05, 3.63) is 12.7 Å². The molecule has 0 heterocycles. The Morgan fingerprint density at radius 1 is 1.39 bits per heavy atom. The van der Waals surface area contributed by atoms with Crippen LogP contribution in [0.2, 0.25) is 0 Å². The number of rotatable bonds is 8. The van der Waals surface area contributed by atoms with Crippen LogP contribution < -0.4 is 0 Å². The third-order valence-corrected chi connectivity index (χ3v) is 2.81. The Morgan fingerprint density at radius 3 is 2.50 bits per heavy atom. The molecular weight excluding hydrogens is 252 g/mol. The van der Waals surface area contributed by atoms with E-state index < -0.39 is 5.00 Å². The molecule has 0 amide bonds. The summed E-state index contributed by atoms with van der Waals surface area (Å²) in [6.07, 6.45) is 3.03. The average molecular weight is 275 g/mol. The van der Waals surface area contributed by atoms with E-state index in [-0.39, 0.29) is 24.5 Å². The zero-order valence-electron chi connectivity index (χ0n) is 11.7. The second kappa shape index (κ2) is 7.52. The fraction of sp³-hybridized carbons (Fsp3) is 0.769. The van der Waals surface area contributed by atoms with Crippen LogP contribution in [-0.4, -0.2) is 23.1 Å². The van der Waals surface area contributed by atoms with Crippen molar-refractivity contribution >= 4 is 17.6 Å². The van der Waals surface area contributed by atoms with Gasteiger partial charge in [-0.25, -0.2) is 0 Å². The molecule has 0 rings (SSSR count). The van der Waals surface area contributed by atoms with Crippen LogP contribution in [0.25, 0.3) is 0 Å². The molecule has 0 aromatic carbocycles. The van der Waals surface area contributed by atoms with Crippen LogP contribution in [-0.2, 0) is 9.53 Å². The minimum Gasteiger partial charge on any atom is -0.461 e. The third-order valence-electron chi connectivity index (χ3n) is 2.54. The summed E-state index contributed by atoms with van der Waals surface area (Å²) in [5.74, 6) is -0.299. The van der Waals surface area contributed by atoms with Crippen molar-refractivity contribution in [1.29, 1.82) is 0 Å². The van der Waals surface area contributed by atoms with Crippen LogP contribution >= 0.6 is 11.6 Å². The molecule has 4 nitrogen and oxygen atoms in total. The number of nitrogens with zero attached hydrogens (tertiary/aromatic N) is 2. The zero-order chi connectivity index (χ0) is 14.2. The van der Waals surface area contributed by atoms with E-state index in [0.717, 1.165) is 6.42 Å². The van der Waals surface area contributed by atoms with Gasteiger partial charge in [0.05, 0.1) is 5.54 Å². The van der Waals surface area contributed by atoms with Crippen LogP contribution in [0.4, 0.5) is 0 Å². The second-order valence-corrected chi connectivity index (χ2v) is 5.79. The van der Waals surface area contributed by atoms with Crippen LogP contribution in [0.5, 0.6) is 0 Å². The summed E-state index contributed by atoms with van der Waals surface area (Å²) >= 11 is 6.19. The van der Waals surface area contributed by atoms with E-state index in [1.54, 1.807) is 6.92 Å². The van der Waals surface area contributed by atoms with Gasteiger partial charge < -0.3 is 4.74 Å². The van der Waals surface area contributed by atoms with Crippen molar-refractivity contribution in [3.63, 3.8) is 0 Å². The Labute approximate surface area is 114 Å². The molecule has 0 aromatic heterocycles. The Hall–Kier alpha value is -0.900. The highest BCUT2D eigenvalue weighted by Gasteiger charge is 2.23. The summed E-state index contributed by atoms with van der Waals surface area (Å²) in [7, 11) is 0. The summed E-state index contributed by atoms with van der Waals surface area (Å²) in [4.78, 5) is 10.4. The molecule has 0 fully saturated rings. The van der Waals surface area contributed by atoms with E-state index in [1.165, 1.54) is 6.08 Å². The summed E-state index contributed by atoms with van der Waals surface area (Å²) in [5.41, 5.74) is -0.223. The first-order valence-corrected chi connectivity index (χ1v) is 6.50. The number of carbonyl (C=O) groups is 1. The van der Waals surface area contributed by atoms with Gasteiger partial charge in [-0.3, -0.25) is 4.79 Å². The molecule has 5 heteroatoms. The van der Waals surface area contributed by atoms with Gasteiger partial charge >= 0.3 is 5.97 Å². The van der Waals surface area contributed by atoms with E-state index in [0.29, 0.717) is 6.42 Å². The lowest BCUT2D eigenvalue weighted by Crippen LogP contribution is -2.19. The maximum absolute atomic E-state index is 11.3. The SMILES string of the molecule is C=CCOC(=O)CCC(C)(Cl)/N=N/C(C)(C)CC. The fourth-order valence-corrected chi connectivity index (χ4v) is 1.05. The van der Waals surface area contributed by atoms with Gasteiger partial charge in [0.2, 0.25) is 0 Å². The van der Waals surface area contributed by atoms with E-state index in [1.807, 2.05) is 20.8 Å². The maximum atomic E-state index is 11.3. The molecule has 104 valence electrons. The lowest BCUT2D eigenvalue weighted by molar-refractivity contribution is -0.142. The van der Waals surface area contributed by atoms with Gasteiger partial charge in [-0.05, 0) is 33.6 Å². The first-order chi connectivity index (χ1) is 8.22. The molecule has 0 aliphatic carbocycles. The Bertz CT molecular complexity index is 312. The molecule has 1 atom stereocenters. The highest BCUT2D eigenvalue weighted by molar-refractivity contribution is 6.23. The average Bonchev–Trinajstić information content (AvgIpc) is 2.32. The molecule has 0 spiro atoms. The topological polar surface area (TPSA) is 51.0 Å². The van der Waals surface area contributed by atoms with Crippen molar-refractivity contribution < 1.29 is 9.53 Å². The lowest BCUT2D eigenvalue weighted by Gasteiger charge is -2.20. The maximum Gasteiger partial charge on any atom is 0.306 e. The molecule has 0 saturated carbocycles. The number of hydrogen-bond donors (Lipinski definition) is 0. The number of alkyl halides is 1. The van der Waals surface area contributed by atoms with Gasteiger partial charge in [0.1, 0.15) is 6.61 Å². The van der Waals surface area contributed by atoms with E-state index in [4.69, 9.17) is 16.3 Å². The molecule has 0 radical (unpaired) electrons. The van der Waals surface area contributed by atoms with Crippen LogP contribution in [0.15, 0.2) is 22.9 Å². The second-order valence-electron chi connectivity index (χ2n) is 4.98. The van der Waals surface area contributed by atoms with Crippen molar-refractivity contribution in [2.24, 2.45) is 10.2 Å². The number of azo groups is 1. The summed E-state index contributed by atoms with van der Waals surface area (Å²) in [6.45, 7) is 11.5. The Morgan fingerprint density at radius 2 is 2.00 bits per heavy atom. The highest BCUT2D eigenvalue weighted by Crippen LogP contribution is 2.26. The van der Waals surface area contributed by atoms with Gasteiger partial charge in [-0.1, -0.05) is 31.2 Å². The van der Waals surface area contributed by atoms with E-state index >= 15 is 0 Å². The summed E-state index contributed by atoms with van der Waals surface area (Å²) in [6, 6.07) is 0. The van der Waals surface area contributed by atoms with Crippen LogP contribution in [0.1, 0.15) is 47.0 Å². The standard InChI is InChI=1S/C13H23ClN2O2/c1-6-10-18-11(17)8-9-13(5,14)16-15-12(3,4)7-2/h6H,1,7-10H2,2-5H3/b16-15+. The van der Waals surface area contributed by atoms with Crippen molar-refractivity contribution in [2.75, 3.05) is 6.61 Å². The first kappa shape index (κ1) is 17.1. The predicted molar refractivity (Wildman–Crippen MR) is 73.9 cm³/mol. The molecule has 0 aromatic rings. The number of hydrogen-bond acceptors (Lipinski definition) is 4. The summed E-state index contributed by atoms with van der Waals surface area (Å²) in [5, 5.41) is 8.32. The van der Waals surface area contributed by atoms with Gasteiger partial charge in [0.25, 0.3) is 0 Å². The van der Waals surface area contributed by atoms with Crippen molar-refractivity contribution in [3.8, 4) is 0 Å². The minimum absolute atomic E-state index is 0.222. The number of halogens is 1.